The van der Waals surface area contributed by atoms with E-state index in [9.17, 15) is 14.7 Å². The monoisotopic (exact) mass is 513 g/mol. The van der Waals surface area contributed by atoms with Crippen LogP contribution in [0.3, 0.4) is 0 Å². The van der Waals surface area contributed by atoms with E-state index in [0.717, 1.165) is 36.4 Å². The van der Waals surface area contributed by atoms with E-state index in [1.54, 1.807) is 6.07 Å². The fourth-order valence-electron chi connectivity index (χ4n) is 7.42. The highest BCUT2D eigenvalue weighted by Gasteiger charge is 2.32. The van der Waals surface area contributed by atoms with E-state index in [0.29, 0.717) is 36.4 Å². The van der Waals surface area contributed by atoms with Crippen LogP contribution in [0.1, 0.15) is 74.2 Å². The first-order valence-electron chi connectivity index (χ1n) is 14.4. The molecule has 38 heavy (non-hydrogen) atoms. The summed E-state index contributed by atoms with van der Waals surface area (Å²) in [5, 5.41) is 10.9. The number of benzene rings is 2. The van der Waals surface area contributed by atoms with Gasteiger partial charge in [-0.05, 0) is 60.8 Å². The minimum atomic E-state index is -0.895. The molecule has 0 radical (unpaired) electrons. The van der Waals surface area contributed by atoms with Crippen molar-refractivity contribution in [3.63, 3.8) is 0 Å². The normalized spacial score (nSPS) is 22.2. The molecule has 1 amide bonds. The lowest BCUT2D eigenvalue weighted by molar-refractivity contribution is -0.132. The van der Waals surface area contributed by atoms with Crippen molar-refractivity contribution in [1.82, 2.24) is 9.47 Å². The first-order chi connectivity index (χ1) is 18.4. The van der Waals surface area contributed by atoms with Gasteiger partial charge in [-0.25, -0.2) is 4.79 Å². The van der Waals surface area contributed by atoms with Gasteiger partial charge < -0.3 is 19.5 Å². The highest BCUT2D eigenvalue weighted by Crippen LogP contribution is 2.47. The number of rotatable bonds is 4. The number of carboxylic acids is 1. The van der Waals surface area contributed by atoms with Crippen molar-refractivity contribution >= 4 is 28.5 Å². The Hall–Kier alpha value is -3.28. The van der Waals surface area contributed by atoms with Crippen LogP contribution in [0.2, 0.25) is 0 Å². The van der Waals surface area contributed by atoms with Gasteiger partial charge in [0.1, 0.15) is 0 Å². The number of hydrogen-bond donors (Lipinski definition) is 1. The average molecular weight is 514 g/mol. The van der Waals surface area contributed by atoms with Crippen molar-refractivity contribution in [2.45, 2.75) is 64.8 Å². The quantitative estimate of drug-likeness (QED) is 0.440. The van der Waals surface area contributed by atoms with Crippen LogP contribution in [-0.4, -0.2) is 52.6 Å². The minimum Gasteiger partial charge on any atom is -0.478 e. The summed E-state index contributed by atoms with van der Waals surface area (Å²) in [6.07, 6.45) is 7.28. The van der Waals surface area contributed by atoms with Gasteiger partial charge in [-0.15, -0.1) is 0 Å². The number of aromatic carboxylic acids is 1. The lowest BCUT2D eigenvalue weighted by Gasteiger charge is -2.36. The Bertz CT molecular complexity index is 1360. The zero-order valence-corrected chi connectivity index (χ0v) is 22.7. The highest BCUT2D eigenvalue weighted by molar-refractivity contribution is 6.00. The molecule has 3 aromatic rings. The van der Waals surface area contributed by atoms with Gasteiger partial charge in [0, 0.05) is 48.3 Å². The summed E-state index contributed by atoms with van der Waals surface area (Å²) in [5.41, 5.74) is 6.19. The molecule has 1 aromatic heterocycles. The zero-order chi connectivity index (χ0) is 26.4. The minimum absolute atomic E-state index is 0.204. The Labute approximate surface area is 225 Å². The molecule has 1 aliphatic carbocycles. The maximum Gasteiger partial charge on any atom is 0.335 e. The largest absolute Gasteiger partial charge is 0.478 e. The van der Waals surface area contributed by atoms with Crippen LogP contribution in [0.25, 0.3) is 22.2 Å². The number of para-hydroxylation sites is 1. The van der Waals surface area contributed by atoms with Crippen molar-refractivity contribution in [3.8, 4) is 11.3 Å². The van der Waals surface area contributed by atoms with Gasteiger partial charge in [0.2, 0.25) is 5.91 Å². The number of anilines is 1. The molecule has 2 atom stereocenters. The average Bonchev–Trinajstić information content (AvgIpc) is 3.15. The molecular weight excluding hydrogens is 474 g/mol. The SMILES string of the molecule is CC1CC(C)CN(C(=O)CN2CCn3c(c(C4CCCCC4)c4ccc(C(=O)O)cc43)-c3ccccc32)C1. The summed E-state index contributed by atoms with van der Waals surface area (Å²) in [4.78, 5) is 29.8. The fraction of sp³-hybridized carbons (Fsp3) is 0.500. The summed E-state index contributed by atoms with van der Waals surface area (Å²) in [5.74, 6) is 0.847. The smallest absolute Gasteiger partial charge is 0.335 e. The molecule has 200 valence electrons. The van der Waals surface area contributed by atoms with Crippen LogP contribution in [0.15, 0.2) is 42.5 Å². The summed E-state index contributed by atoms with van der Waals surface area (Å²) < 4.78 is 2.35. The molecule has 6 rings (SSSR count). The first kappa shape index (κ1) is 25.0. The van der Waals surface area contributed by atoms with Gasteiger partial charge in [-0.1, -0.05) is 57.4 Å². The van der Waals surface area contributed by atoms with Crippen LogP contribution in [0, 0.1) is 11.8 Å². The van der Waals surface area contributed by atoms with Gasteiger partial charge in [0.25, 0.3) is 0 Å². The molecule has 1 saturated carbocycles. The number of piperidine rings is 1. The lowest BCUT2D eigenvalue weighted by Crippen LogP contribution is -2.47. The number of amides is 1. The maximum absolute atomic E-state index is 13.5. The third-order valence-electron chi connectivity index (χ3n) is 9.01. The van der Waals surface area contributed by atoms with Gasteiger partial charge in [-0.2, -0.15) is 0 Å². The van der Waals surface area contributed by atoms with Gasteiger partial charge in [0.05, 0.1) is 17.8 Å². The standard InChI is InChI=1S/C32H39N3O3/c1-21-16-22(2)19-34(18-21)29(36)20-33-14-15-35-28-17-24(32(37)38)12-13-25(28)30(23-8-4-3-5-9-23)31(35)26-10-6-7-11-27(26)33/h6-7,10-13,17,21-23H,3-5,8-9,14-16,18-20H2,1-2H3,(H,37,38). The van der Waals surface area contributed by atoms with Crippen LogP contribution in [0.5, 0.6) is 0 Å². The molecule has 1 N–H and O–H groups in total. The highest BCUT2D eigenvalue weighted by atomic mass is 16.4. The van der Waals surface area contributed by atoms with Gasteiger partial charge in [0.15, 0.2) is 0 Å². The number of carbonyl (C=O) groups is 2. The summed E-state index contributed by atoms with van der Waals surface area (Å²) in [6, 6.07) is 14.2. The number of fused-ring (bicyclic) bond motifs is 5. The molecule has 2 aliphatic heterocycles. The molecule has 0 spiro atoms. The van der Waals surface area contributed by atoms with E-state index in [2.05, 4.69) is 52.5 Å². The van der Waals surface area contributed by atoms with Crippen molar-refractivity contribution in [3.05, 3.63) is 53.6 Å². The van der Waals surface area contributed by atoms with E-state index < -0.39 is 5.97 Å². The van der Waals surface area contributed by atoms with Crippen LogP contribution in [-0.2, 0) is 11.3 Å². The molecule has 2 aromatic carbocycles. The second-order valence-electron chi connectivity index (χ2n) is 12.0. The predicted octanol–water partition coefficient (Wildman–Crippen LogP) is 6.38. The van der Waals surface area contributed by atoms with E-state index in [1.807, 2.05) is 12.1 Å². The molecule has 0 bridgehead atoms. The molecule has 3 heterocycles. The van der Waals surface area contributed by atoms with Crippen LogP contribution < -0.4 is 4.90 Å². The molecule has 6 nitrogen and oxygen atoms in total. The number of carbonyl (C=O) groups excluding carboxylic acids is 1. The number of hydrogen-bond acceptors (Lipinski definition) is 3. The van der Waals surface area contributed by atoms with E-state index >= 15 is 0 Å². The van der Waals surface area contributed by atoms with Crippen molar-refractivity contribution in [1.29, 1.82) is 0 Å². The van der Waals surface area contributed by atoms with E-state index in [4.69, 9.17) is 0 Å². The molecule has 2 fully saturated rings. The molecule has 2 unspecified atom stereocenters. The number of aromatic nitrogens is 1. The summed E-state index contributed by atoms with van der Waals surface area (Å²) >= 11 is 0. The Morgan fingerprint density at radius 3 is 2.42 bits per heavy atom. The Balaban J connectivity index is 1.44. The second-order valence-corrected chi connectivity index (χ2v) is 12.0. The Morgan fingerprint density at radius 1 is 0.947 bits per heavy atom. The van der Waals surface area contributed by atoms with Gasteiger partial charge in [-0.3, -0.25) is 4.79 Å². The third-order valence-corrected chi connectivity index (χ3v) is 9.01. The molecule has 3 aliphatic rings. The van der Waals surface area contributed by atoms with Crippen molar-refractivity contribution in [2.75, 3.05) is 31.1 Å². The number of likely N-dealkylation sites (tertiary alicyclic amines) is 1. The number of nitrogens with zero attached hydrogens (tertiary/aromatic N) is 3. The topological polar surface area (TPSA) is 65.8 Å². The Morgan fingerprint density at radius 2 is 1.68 bits per heavy atom. The molecule has 1 saturated heterocycles. The Kier molecular flexibility index (Phi) is 6.67. The van der Waals surface area contributed by atoms with Crippen molar-refractivity contribution < 1.29 is 14.7 Å². The molecular formula is C32H39N3O3. The van der Waals surface area contributed by atoms with Crippen LogP contribution >= 0.6 is 0 Å². The zero-order valence-electron chi connectivity index (χ0n) is 22.7. The predicted molar refractivity (Wildman–Crippen MR) is 152 cm³/mol. The third kappa shape index (κ3) is 4.48. The van der Waals surface area contributed by atoms with E-state index in [-0.39, 0.29) is 5.91 Å². The first-order valence-corrected chi connectivity index (χ1v) is 14.4. The van der Waals surface area contributed by atoms with E-state index in [1.165, 1.54) is 55.2 Å². The number of carboxylic acid groups (broad SMARTS) is 1. The fourth-order valence-corrected chi connectivity index (χ4v) is 7.42. The van der Waals surface area contributed by atoms with Crippen molar-refractivity contribution in [2.24, 2.45) is 11.8 Å². The second kappa shape index (κ2) is 10.1. The molecule has 6 heteroatoms. The summed E-state index contributed by atoms with van der Waals surface area (Å²) in [6.45, 7) is 7.97. The van der Waals surface area contributed by atoms with Crippen LogP contribution in [0.4, 0.5) is 5.69 Å². The maximum atomic E-state index is 13.5. The lowest BCUT2D eigenvalue weighted by atomic mass is 9.81. The van der Waals surface area contributed by atoms with Gasteiger partial charge >= 0.3 is 5.97 Å². The summed E-state index contributed by atoms with van der Waals surface area (Å²) in [7, 11) is 0.